The molecule has 5 heteroatoms. The third-order valence-electron chi connectivity index (χ3n) is 3.72. The van der Waals surface area contributed by atoms with Gasteiger partial charge in [0.25, 0.3) is 0 Å². The molecular formula is C16H20ClNO3. The number of benzene rings is 1. The molecule has 114 valence electrons. The summed E-state index contributed by atoms with van der Waals surface area (Å²) in [7, 11) is 0. The second-order valence-electron chi connectivity index (χ2n) is 5.33. The zero-order valence-electron chi connectivity index (χ0n) is 12.1. The van der Waals surface area contributed by atoms with Gasteiger partial charge >= 0.3 is 5.97 Å². The number of halogens is 1. The van der Waals surface area contributed by atoms with Crippen molar-refractivity contribution in [1.82, 2.24) is 4.57 Å². The number of carboxylic acids is 1. The molecule has 2 rings (SSSR count). The van der Waals surface area contributed by atoms with Gasteiger partial charge in [-0.15, -0.1) is 0 Å². The zero-order valence-corrected chi connectivity index (χ0v) is 12.8. The monoisotopic (exact) mass is 309 g/mol. The maximum absolute atomic E-state index is 11.1. The van der Waals surface area contributed by atoms with Crippen LogP contribution >= 0.6 is 11.6 Å². The number of aromatic nitrogens is 1. The number of hydrogen-bond donors (Lipinski definition) is 2. The van der Waals surface area contributed by atoms with Gasteiger partial charge in [-0.2, -0.15) is 0 Å². The first-order valence-corrected chi connectivity index (χ1v) is 7.61. The van der Waals surface area contributed by atoms with Crippen LogP contribution in [0.3, 0.4) is 0 Å². The zero-order chi connectivity index (χ0) is 15.4. The van der Waals surface area contributed by atoms with Crippen molar-refractivity contribution < 1.29 is 15.0 Å². The van der Waals surface area contributed by atoms with E-state index >= 15 is 0 Å². The van der Waals surface area contributed by atoms with Crippen LogP contribution < -0.4 is 0 Å². The molecule has 1 heterocycles. The largest absolute Gasteiger partial charge is 0.506 e. The number of carboxylic acid groups (broad SMARTS) is 1. The Balaban J connectivity index is 2.38. The van der Waals surface area contributed by atoms with E-state index in [0.717, 1.165) is 31.2 Å². The molecule has 1 unspecified atom stereocenters. The molecule has 0 aliphatic rings. The summed E-state index contributed by atoms with van der Waals surface area (Å²) in [6.07, 6.45) is 5.55. The van der Waals surface area contributed by atoms with Gasteiger partial charge in [0.05, 0.1) is 11.9 Å². The van der Waals surface area contributed by atoms with Crippen molar-refractivity contribution in [3.05, 3.63) is 29.4 Å². The first-order chi connectivity index (χ1) is 10.0. The summed E-state index contributed by atoms with van der Waals surface area (Å²) in [6.45, 7) is 2.11. The number of aromatic hydroxyl groups is 1. The fourth-order valence-corrected chi connectivity index (χ4v) is 2.85. The number of fused-ring (bicyclic) bond motifs is 1. The maximum atomic E-state index is 11.1. The minimum Gasteiger partial charge on any atom is -0.506 e. The summed E-state index contributed by atoms with van der Waals surface area (Å²) < 4.78 is 1.85. The summed E-state index contributed by atoms with van der Waals surface area (Å²) in [5, 5.41) is 20.4. The number of nitrogens with zero attached hydrogens (tertiary/aromatic N) is 1. The Hall–Kier alpha value is -1.68. The summed E-state index contributed by atoms with van der Waals surface area (Å²) in [6, 6.07) is 5.08. The summed E-state index contributed by atoms with van der Waals surface area (Å²) >= 11 is 6.03. The quantitative estimate of drug-likeness (QED) is 0.735. The highest BCUT2D eigenvalue weighted by Crippen LogP contribution is 2.34. The molecule has 21 heavy (non-hydrogen) atoms. The van der Waals surface area contributed by atoms with Crippen LogP contribution in [0.15, 0.2) is 24.4 Å². The van der Waals surface area contributed by atoms with E-state index in [0.29, 0.717) is 10.4 Å². The number of carbonyl (C=O) groups is 1. The van der Waals surface area contributed by atoms with Crippen LogP contribution in [0.5, 0.6) is 5.75 Å². The van der Waals surface area contributed by atoms with Crippen molar-refractivity contribution in [2.75, 3.05) is 0 Å². The van der Waals surface area contributed by atoms with Crippen molar-refractivity contribution in [1.29, 1.82) is 0 Å². The lowest BCUT2D eigenvalue weighted by atomic mass is 10.1. The molecule has 0 spiro atoms. The van der Waals surface area contributed by atoms with Crippen molar-refractivity contribution in [3.8, 4) is 5.75 Å². The molecule has 0 fully saturated rings. The molecule has 0 amide bonds. The molecule has 2 N–H and O–H groups in total. The van der Waals surface area contributed by atoms with Gasteiger partial charge in [-0.1, -0.05) is 37.8 Å². The lowest BCUT2D eigenvalue weighted by Crippen LogP contribution is -2.13. The number of aliphatic carboxylic acids is 1. The SMILES string of the molecule is CCCCCC(CC(=O)O)n1cc(O)c2ccc(Cl)cc21. The van der Waals surface area contributed by atoms with Gasteiger partial charge in [0, 0.05) is 22.6 Å². The molecule has 0 saturated carbocycles. The van der Waals surface area contributed by atoms with E-state index in [9.17, 15) is 9.90 Å². The average molecular weight is 310 g/mol. The Kier molecular flexibility index (Phi) is 5.12. The molecule has 0 aliphatic carbocycles. The number of rotatable bonds is 7. The van der Waals surface area contributed by atoms with E-state index in [-0.39, 0.29) is 18.2 Å². The smallest absolute Gasteiger partial charge is 0.305 e. The Labute approximate surface area is 129 Å². The third kappa shape index (κ3) is 3.70. The molecule has 0 saturated heterocycles. The Morgan fingerprint density at radius 2 is 2.14 bits per heavy atom. The van der Waals surface area contributed by atoms with Crippen molar-refractivity contribution in [2.24, 2.45) is 0 Å². The maximum Gasteiger partial charge on any atom is 0.305 e. The molecular weight excluding hydrogens is 290 g/mol. The Bertz CT molecular complexity index is 636. The first kappa shape index (κ1) is 15.7. The highest BCUT2D eigenvalue weighted by molar-refractivity contribution is 6.31. The van der Waals surface area contributed by atoms with Gasteiger partial charge < -0.3 is 14.8 Å². The third-order valence-corrected chi connectivity index (χ3v) is 3.95. The second-order valence-corrected chi connectivity index (χ2v) is 5.77. The number of hydrogen-bond acceptors (Lipinski definition) is 2. The topological polar surface area (TPSA) is 62.5 Å². The van der Waals surface area contributed by atoms with E-state index in [1.165, 1.54) is 0 Å². The van der Waals surface area contributed by atoms with Gasteiger partial charge in [0.1, 0.15) is 5.75 Å². The van der Waals surface area contributed by atoms with Crippen molar-refractivity contribution in [2.45, 2.75) is 45.1 Å². The van der Waals surface area contributed by atoms with E-state index in [1.54, 1.807) is 24.4 Å². The minimum absolute atomic E-state index is 0.0411. The summed E-state index contributed by atoms with van der Waals surface area (Å²) in [4.78, 5) is 11.1. The Morgan fingerprint density at radius 3 is 2.81 bits per heavy atom. The fourth-order valence-electron chi connectivity index (χ4n) is 2.68. The fraction of sp³-hybridized carbons (Fsp3) is 0.438. The predicted molar refractivity (Wildman–Crippen MR) is 84.0 cm³/mol. The van der Waals surface area contributed by atoms with Gasteiger partial charge in [-0.25, -0.2) is 0 Å². The number of unbranched alkanes of at least 4 members (excludes halogenated alkanes) is 2. The summed E-state index contributed by atoms with van der Waals surface area (Å²) in [5.74, 6) is -0.674. The van der Waals surface area contributed by atoms with E-state index in [2.05, 4.69) is 6.92 Å². The lowest BCUT2D eigenvalue weighted by molar-refractivity contribution is -0.137. The predicted octanol–water partition coefficient (Wildman–Crippen LogP) is 4.60. The van der Waals surface area contributed by atoms with Crippen LogP contribution in [-0.2, 0) is 4.79 Å². The highest BCUT2D eigenvalue weighted by atomic mass is 35.5. The van der Waals surface area contributed by atoms with Gasteiger partial charge in [0.15, 0.2) is 0 Å². The van der Waals surface area contributed by atoms with Crippen molar-refractivity contribution in [3.63, 3.8) is 0 Å². The molecule has 0 bridgehead atoms. The highest BCUT2D eigenvalue weighted by Gasteiger charge is 2.19. The average Bonchev–Trinajstić information content (AvgIpc) is 2.74. The molecule has 0 aliphatic heterocycles. The van der Waals surface area contributed by atoms with Crippen LogP contribution in [0.2, 0.25) is 5.02 Å². The Morgan fingerprint density at radius 1 is 1.38 bits per heavy atom. The van der Waals surface area contributed by atoms with Gasteiger partial charge in [0.2, 0.25) is 0 Å². The van der Waals surface area contributed by atoms with Crippen LogP contribution in [0.1, 0.15) is 45.1 Å². The standard InChI is InChI=1S/C16H20ClNO3/c1-2-3-4-5-12(9-16(20)21)18-10-15(19)13-7-6-11(17)8-14(13)18/h6-8,10,12,19H,2-5,9H2,1H3,(H,20,21). The van der Waals surface area contributed by atoms with Crippen LogP contribution in [0, 0.1) is 0 Å². The second kappa shape index (κ2) is 6.85. The van der Waals surface area contributed by atoms with E-state index in [1.807, 2.05) is 4.57 Å². The summed E-state index contributed by atoms with van der Waals surface area (Å²) in [5.41, 5.74) is 0.780. The van der Waals surface area contributed by atoms with Gasteiger partial charge in [-0.3, -0.25) is 4.79 Å². The van der Waals surface area contributed by atoms with Crippen LogP contribution in [0.4, 0.5) is 0 Å². The molecule has 1 aromatic carbocycles. The van der Waals surface area contributed by atoms with Gasteiger partial charge in [-0.05, 0) is 24.6 Å². The van der Waals surface area contributed by atoms with Crippen LogP contribution in [-0.4, -0.2) is 20.7 Å². The van der Waals surface area contributed by atoms with Crippen molar-refractivity contribution >= 4 is 28.5 Å². The molecule has 1 atom stereocenters. The normalized spacial score (nSPS) is 12.7. The molecule has 2 aromatic rings. The lowest BCUT2D eigenvalue weighted by Gasteiger charge is -2.18. The minimum atomic E-state index is -0.833. The first-order valence-electron chi connectivity index (χ1n) is 7.23. The molecule has 1 aromatic heterocycles. The van der Waals surface area contributed by atoms with E-state index in [4.69, 9.17) is 16.7 Å². The van der Waals surface area contributed by atoms with E-state index < -0.39 is 5.97 Å². The molecule has 0 radical (unpaired) electrons. The molecule has 4 nitrogen and oxygen atoms in total. The van der Waals surface area contributed by atoms with Crippen LogP contribution in [0.25, 0.3) is 10.9 Å².